The Balaban J connectivity index is 1.50. The van der Waals surface area contributed by atoms with E-state index >= 15 is 0 Å². The molecule has 0 aliphatic carbocycles. The van der Waals surface area contributed by atoms with Gasteiger partial charge in [0.25, 0.3) is 0 Å². The van der Waals surface area contributed by atoms with Crippen LogP contribution in [0.4, 0.5) is 11.5 Å². The van der Waals surface area contributed by atoms with Crippen LogP contribution in [-0.2, 0) is 6.42 Å². The molecule has 152 valence electrons. The minimum atomic E-state index is -0.0406. The molecule has 7 heteroatoms. The fourth-order valence-electron chi connectivity index (χ4n) is 3.60. The number of aromatic nitrogens is 2. The zero-order valence-corrected chi connectivity index (χ0v) is 16.8. The van der Waals surface area contributed by atoms with Crippen LogP contribution in [0.3, 0.4) is 0 Å². The van der Waals surface area contributed by atoms with Crippen LogP contribution in [0, 0.1) is 11.3 Å². The van der Waals surface area contributed by atoms with Crippen molar-refractivity contribution in [3.63, 3.8) is 0 Å². The van der Waals surface area contributed by atoms with Gasteiger partial charge >= 0.3 is 0 Å². The highest BCUT2D eigenvalue weighted by molar-refractivity contribution is 5.66. The third-order valence-electron chi connectivity index (χ3n) is 5.18. The highest BCUT2D eigenvalue weighted by Gasteiger charge is 2.28. The van der Waals surface area contributed by atoms with Crippen LogP contribution in [-0.4, -0.2) is 36.2 Å². The lowest BCUT2D eigenvalue weighted by molar-refractivity contribution is 0.389. The molecule has 0 amide bonds. The fraction of sp³-hybridized carbons (Fsp3) is 0.261. The van der Waals surface area contributed by atoms with Gasteiger partial charge in [0.05, 0.1) is 42.2 Å². The van der Waals surface area contributed by atoms with E-state index in [0.29, 0.717) is 11.4 Å². The predicted molar refractivity (Wildman–Crippen MR) is 117 cm³/mol. The number of pyridine rings is 2. The monoisotopic (exact) mass is 400 g/mol. The van der Waals surface area contributed by atoms with Gasteiger partial charge in [0.1, 0.15) is 5.82 Å². The molecule has 0 radical (unpaired) electrons. The molecule has 2 aromatic heterocycles. The van der Waals surface area contributed by atoms with Crippen molar-refractivity contribution in [1.82, 2.24) is 15.3 Å². The lowest BCUT2D eigenvalue weighted by atomic mass is 10.0. The van der Waals surface area contributed by atoms with Crippen molar-refractivity contribution in [2.24, 2.45) is 0 Å². The molecule has 7 nitrogen and oxygen atoms in total. The molecular weight excluding hydrogens is 376 g/mol. The van der Waals surface area contributed by atoms with Crippen molar-refractivity contribution in [2.75, 3.05) is 30.8 Å². The molecule has 3 heterocycles. The zero-order chi connectivity index (χ0) is 20.8. The van der Waals surface area contributed by atoms with E-state index in [1.54, 1.807) is 13.3 Å². The molecule has 0 saturated carbocycles. The molecular formula is C23H24N6O. The van der Waals surface area contributed by atoms with E-state index in [0.717, 1.165) is 36.7 Å². The first kappa shape index (κ1) is 19.7. The lowest BCUT2D eigenvalue weighted by Crippen LogP contribution is -2.45. The summed E-state index contributed by atoms with van der Waals surface area (Å²) in [7, 11) is 1.63. The van der Waals surface area contributed by atoms with Crippen LogP contribution in [0.5, 0.6) is 5.88 Å². The molecule has 0 unspecified atom stereocenters. The summed E-state index contributed by atoms with van der Waals surface area (Å²) in [5, 5.41) is 19.6. The minimum Gasteiger partial charge on any atom is -0.481 e. The van der Waals surface area contributed by atoms with Gasteiger partial charge in [-0.2, -0.15) is 5.26 Å². The average Bonchev–Trinajstić information content (AvgIpc) is 2.82. The zero-order valence-electron chi connectivity index (χ0n) is 16.8. The highest BCUT2D eigenvalue weighted by atomic mass is 16.5. The fourth-order valence-corrected chi connectivity index (χ4v) is 3.60. The summed E-state index contributed by atoms with van der Waals surface area (Å²) >= 11 is 0. The molecule has 3 aromatic rings. The molecule has 1 aliphatic rings. The summed E-state index contributed by atoms with van der Waals surface area (Å²) in [5.74, 6) is 1.43. The smallest absolute Gasteiger partial charge is 0.213 e. The number of rotatable bonds is 7. The molecule has 2 atom stereocenters. The molecule has 0 saturated heterocycles. The van der Waals surface area contributed by atoms with Gasteiger partial charge in [0, 0.05) is 18.8 Å². The normalized spacial score (nSPS) is 15.8. The van der Waals surface area contributed by atoms with Gasteiger partial charge in [0.2, 0.25) is 5.88 Å². The third-order valence-corrected chi connectivity index (χ3v) is 5.18. The maximum absolute atomic E-state index is 8.96. The largest absolute Gasteiger partial charge is 0.481 e. The third kappa shape index (κ3) is 4.50. The summed E-state index contributed by atoms with van der Waals surface area (Å²) in [6.07, 6.45) is 2.63. The Morgan fingerprint density at radius 3 is 2.87 bits per heavy atom. The molecule has 1 aromatic carbocycles. The highest BCUT2D eigenvalue weighted by Crippen LogP contribution is 2.28. The van der Waals surface area contributed by atoms with Crippen LogP contribution < -0.4 is 20.7 Å². The number of hydrogen-bond acceptors (Lipinski definition) is 7. The van der Waals surface area contributed by atoms with Gasteiger partial charge in [-0.05, 0) is 48.9 Å². The van der Waals surface area contributed by atoms with Gasteiger partial charge < -0.3 is 20.7 Å². The number of methoxy groups -OCH3 is 1. The first-order chi connectivity index (χ1) is 14.8. The van der Waals surface area contributed by atoms with Gasteiger partial charge in [0.15, 0.2) is 0 Å². The van der Waals surface area contributed by atoms with Crippen molar-refractivity contribution in [3.8, 4) is 11.9 Å². The summed E-state index contributed by atoms with van der Waals surface area (Å²) in [4.78, 5) is 9.11. The van der Waals surface area contributed by atoms with Crippen LogP contribution >= 0.6 is 0 Å². The van der Waals surface area contributed by atoms with Crippen LogP contribution in [0.15, 0.2) is 60.8 Å². The number of ether oxygens (including phenoxy) is 1. The van der Waals surface area contributed by atoms with E-state index in [1.807, 2.05) is 54.6 Å². The number of nitriles is 1. The van der Waals surface area contributed by atoms with Crippen LogP contribution in [0.1, 0.15) is 22.9 Å². The van der Waals surface area contributed by atoms with Crippen LogP contribution in [0.25, 0.3) is 0 Å². The summed E-state index contributed by atoms with van der Waals surface area (Å²) in [5.41, 5.74) is 3.77. The van der Waals surface area contributed by atoms with Gasteiger partial charge in [-0.3, -0.25) is 0 Å². The van der Waals surface area contributed by atoms with E-state index in [4.69, 9.17) is 10.00 Å². The predicted octanol–water partition coefficient (Wildman–Crippen LogP) is 3.14. The van der Waals surface area contributed by atoms with Gasteiger partial charge in [-0.1, -0.05) is 18.2 Å². The maximum Gasteiger partial charge on any atom is 0.213 e. The Hall–Kier alpha value is -3.63. The van der Waals surface area contributed by atoms with Crippen molar-refractivity contribution < 1.29 is 4.74 Å². The number of anilines is 2. The Bertz CT molecular complexity index is 1030. The first-order valence-corrected chi connectivity index (χ1v) is 9.95. The average molecular weight is 400 g/mol. The second-order valence-corrected chi connectivity index (χ2v) is 7.13. The standard InChI is InChI=1S/C23H24N6O/c1-30-21-6-2-4-18(28-21)22(20-15-27-19-5-3-12-26-23(19)29-20)25-13-11-16-7-9-17(14-24)10-8-16/h2-10,12,20,22,25,27H,11,13,15H2,1H3,(H,26,29)/t20-,22+/m1/s1. The number of hydrogen-bond donors (Lipinski definition) is 3. The van der Waals surface area contributed by atoms with Crippen LogP contribution in [0.2, 0.25) is 0 Å². The molecule has 0 bridgehead atoms. The summed E-state index contributed by atoms with van der Waals surface area (Å²) < 4.78 is 5.33. The second kappa shape index (κ2) is 9.25. The topological polar surface area (TPSA) is 94.9 Å². The Labute approximate surface area is 176 Å². The van der Waals surface area contributed by atoms with Crippen molar-refractivity contribution in [1.29, 1.82) is 5.26 Å². The molecule has 30 heavy (non-hydrogen) atoms. The van der Waals surface area contributed by atoms with E-state index in [2.05, 4.69) is 32.0 Å². The molecule has 3 N–H and O–H groups in total. The number of benzene rings is 1. The van der Waals surface area contributed by atoms with Crippen molar-refractivity contribution in [3.05, 3.63) is 77.6 Å². The minimum absolute atomic E-state index is 0.0406. The molecule has 4 rings (SSSR count). The van der Waals surface area contributed by atoms with E-state index in [-0.39, 0.29) is 12.1 Å². The SMILES string of the molecule is COc1cccc([C@H](NCCc2ccc(C#N)cc2)[C@H]2CNc3cccnc3N2)n1. The molecule has 0 fully saturated rings. The molecule has 0 spiro atoms. The Morgan fingerprint density at radius 1 is 1.20 bits per heavy atom. The maximum atomic E-state index is 8.96. The van der Waals surface area contributed by atoms with Gasteiger partial charge in [-0.25, -0.2) is 9.97 Å². The molecule has 1 aliphatic heterocycles. The van der Waals surface area contributed by atoms with Crippen molar-refractivity contribution >= 4 is 11.5 Å². The quantitative estimate of drug-likeness (QED) is 0.561. The summed E-state index contributed by atoms with van der Waals surface area (Å²) in [6.45, 7) is 1.51. The van der Waals surface area contributed by atoms with Crippen molar-refractivity contribution in [2.45, 2.75) is 18.5 Å². The summed E-state index contributed by atoms with van der Waals surface area (Å²) in [6, 6.07) is 19.6. The van der Waals surface area contributed by atoms with E-state index in [1.165, 1.54) is 5.56 Å². The number of nitrogens with zero attached hydrogens (tertiary/aromatic N) is 3. The Kier molecular flexibility index (Phi) is 6.06. The lowest BCUT2D eigenvalue weighted by Gasteiger charge is -2.33. The van der Waals surface area contributed by atoms with Gasteiger partial charge in [-0.15, -0.1) is 0 Å². The first-order valence-electron chi connectivity index (χ1n) is 9.95. The Morgan fingerprint density at radius 2 is 2.07 bits per heavy atom. The second-order valence-electron chi connectivity index (χ2n) is 7.13. The van der Waals surface area contributed by atoms with E-state index in [9.17, 15) is 0 Å². The number of nitrogens with one attached hydrogen (secondary N) is 3. The van der Waals surface area contributed by atoms with E-state index < -0.39 is 0 Å². The number of fused-ring (bicyclic) bond motifs is 1.